The molecule has 8 nitrogen and oxygen atoms in total. The Morgan fingerprint density at radius 2 is 1.81 bits per heavy atom. The van der Waals surface area contributed by atoms with Crippen molar-refractivity contribution in [3.63, 3.8) is 0 Å². The standard InChI is InChI=1S/C22H25N5O3S/c28-22(27-12-4-9-21(27)15-5-1-2-6-15)16-7-3-8-17(13-16)25-31(29,30)18-10-11-19-20(14-18)24-26-23-19/h3,7-8,10-11,13-15,21,25H,1-2,4-6,9,12H2,(H,23,24,26)/t21-/m1/s1. The first-order valence-corrected chi connectivity index (χ1v) is 12.2. The molecule has 9 heteroatoms. The van der Waals surface area contributed by atoms with Gasteiger partial charge in [-0.05, 0) is 68.0 Å². The summed E-state index contributed by atoms with van der Waals surface area (Å²) in [6.45, 7) is 0.771. The van der Waals surface area contributed by atoms with Crippen LogP contribution < -0.4 is 4.72 Å². The number of likely N-dealkylation sites (tertiary alicyclic amines) is 1. The van der Waals surface area contributed by atoms with Crippen LogP contribution in [-0.2, 0) is 10.0 Å². The van der Waals surface area contributed by atoms with E-state index in [0.29, 0.717) is 34.2 Å². The number of hydrogen-bond donors (Lipinski definition) is 2. The van der Waals surface area contributed by atoms with Gasteiger partial charge in [-0.2, -0.15) is 15.4 Å². The van der Waals surface area contributed by atoms with Crippen molar-refractivity contribution < 1.29 is 13.2 Å². The Kier molecular flexibility index (Phi) is 5.13. The van der Waals surface area contributed by atoms with Gasteiger partial charge in [-0.15, -0.1) is 0 Å². The molecule has 1 aliphatic carbocycles. The van der Waals surface area contributed by atoms with Gasteiger partial charge in [0.1, 0.15) is 11.0 Å². The van der Waals surface area contributed by atoms with Gasteiger partial charge in [-0.25, -0.2) is 8.42 Å². The minimum Gasteiger partial charge on any atom is -0.335 e. The van der Waals surface area contributed by atoms with E-state index >= 15 is 0 Å². The summed E-state index contributed by atoms with van der Waals surface area (Å²) >= 11 is 0. The first kappa shape index (κ1) is 20.0. The van der Waals surface area contributed by atoms with Crippen molar-refractivity contribution in [1.82, 2.24) is 20.3 Å². The van der Waals surface area contributed by atoms with E-state index < -0.39 is 10.0 Å². The van der Waals surface area contributed by atoms with Crippen molar-refractivity contribution in [3.05, 3.63) is 48.0 Å². The highest BCUT2D eigenvalue weighted by Gasteiger charge is 2.36. The lowest BCUT2D eigenvalue weighted by Crippen LogP contribution is -2.39. The number of nitrogens with zero attached hydrogens (tertiary/aromatic N) is 3. The Hall–Kier alpha value is -2.94. The van der Waals surface area contributed by atoms with Crippen LogP contribution >= 0.6 is 0 Å². The molecule has 3 aromatic rings. The molecule has 0 unspecified atom stereocenters. The van der Waals surface area contributed by atoms with E-state index in [0.717, 1.165) is 19.4 Å². The molecule has 2 aromatic carbocycles. The lowest BCUT2D eigenvalue weighted by atomic mass is 9.95. The zero-order valence-corrected chi connectivity index (χ0v) is 17.9. The number of anilines is 1. The molecule has 1 atom stereocenters. The van der Waals surface area contributed by atoms with E-state index in [-0.39, 0.29) is 10.8 Å². The Labute approximate surface area is 181 Å². The first-order valence-electron chi connectivity index (χ1n) is 10.8. The zero-order valence-electron chi connectivity index (χ0n) is 17.1. The molecule has 2 heterocycles. The maximum absolute atomic E-state index is 13.2. The molecular weight excluding hydrogens is 414 g/mol. The van der Waals surface area contributed by atoms with Gasteiger partial charge in [-0.3, -0.25) is 9.52 Å². The second-order valence-corrected chi connectivity index (χ2v) is 10.1. The van der Waals surface area contributed by atoms with Gasteiger partial charge in [0.15, 0.2) is 0 Å². The molecule has 0 radical (unpaired) electrons. The summed E-state index contributed by atoms with van der Waals surface area (Å²) in [5, 5.41) is 10.4. The molecule has 1 aliphatic heterocycles. The molecule has 1 saturated heterocycles. The molecule has 5 rings (SSSR count). The second-order valence-electron chi connectivity index (χ2n) is 8.41. The van der Waals surface area contributed by atoms with Crippen LogP contribution in [0.1, 0.15) is 48.9 Å². The summed E-state index contributed by atoms with van der Waals surface area (Å²) in [7, 11) is -3.82. The Morgan fingerprint density at radius 3 is 2.65 bits per heavy atom. The highest BCUT2D eigenvalue weighted by Crippen LogP contribution is 2.36. The number of aromatic nitrogens is 3. The van der Waals surface area contributed by atoms with Crippen LogP contribution in [0.15, 0.2) is 47.4 Å². The number of sulfonamides is 1. The predicted octanol–water partition coefficient (Wildman–Crippen LogP) is 3.55. The Bertz CT molecular complexity index is 1220. The summed E-state index contributed by atoms with van der Waals surface area (Å²) in [4.78, 5) is 15.3. The predicted molar refractivity (Wildman–Crippen MR) is 117 cm³/mol. The highest BCUT2D eigenvalue weighted by molar-refractivity contribution is 7.92. The molecule has 1 saturated carbocycles. The third kappa shape index (κ3) is 3.89. The number of benzene rings is 2. The zero-order chi connectivity index (χ0) is 21.4. The summed E-state index contributed by atoms with van der Waals surface area (Å²) < 4.78 is 28.3. The van der Waals surface area contributed by atoms with Crippen LogP contribution in [0.5, 0.6) is 0 Å². The number of carbonyl (C=O) groups is 1. The Morgan fingerprint density at radius 1 is 1.00 bits per heavy atom. The smallest absolute Gasteiger partial charge is 0.261 e. The van der Waals surface area contributed by atoms with E-state index in [1.807, 2.05) is 4.90 Å². The fourth-order valence-corrected chi connectivity index (χ4v) is 6.03. The number of rotatable bonds is 5. The lowest BCUT2D eigenvalue weighted by Gasteiger charge is -2.29. The van der Waals surface area contributed by atoms with Gasteiger partial charge < -0.3 is 4.90 Å². The van der Waals surface area contributed by atoms with Crippen molar-refractivity contribution in [2.75, 3.05) is 11.3 Å². The normalized spacial score (nSPS) is 19.9. The van der Waals surface area contributed by atoms with Gasteiger partial charge >= 0.3 is 0 Å². The quantitative estimate of drug-likeness (QED) is 0.632. The van der Waals surface area contributed by atoms with Crippen LogP contribution in [0.25, 0.3) is 11.0 Å². The number of H-pyrrole nitrogens is 1. The monoisotopic (exact) mass is 439 g/mol. The van der Waals surface area contributed by atoms with Crippen LogP contribution in [-0.4, -0.2) is 47.2 Å². The molecule has 1 aromatic heterocycles. The average Bonchev–Trinajstić information content (AvgIpc) is 3.53. The van der Waals surface area contributed by atoms with Crippen LogP contribution in [0.3, 0.4) is 0 Å². The van der Waals surface area contributed by atoms with Crippen LogP contribution in [0, 0.1) is 5.92 Å². The Balaban J connectivity index is 1.36. The number of fused-ring (bicyclic) bond motifs is 1. The molecular formula is C22H25N5O3S. The highest BCUT2D eigenvalue weighted by atomic mass is 32.2. The summed E-state index contributed by atoms with van der Waals surface area (Å²) in [6, 6.07) is 11.6. The molecule has 0 spiro atoms. The molecule has 31 heavy (non-hydrogen) atoms. The third-order valence-corrected chi connectivity index (χ3v) is 7.84. The molecule has 162 valence electrons. The fraction of sp³-hybridized carbons (Fsp3) is 0.409. The minimum atomic E-state index is -3.82. The number of aromatic amines is 1. The fourth-order valence-electron chi connectivity index (χ4n) is 4.96. The van der Waals surface area contributed by atoms with Crippen LogP contribution in [0.2, 0.25) is 0 Å². The van der Waals surface area contributed by atoms with Crippen molar-refractivity contribution in [1.29, 1.82) is 0 Å². The number of carbonyl (C=O) groups excluding carboxylic acids is 1. The van der Waals surface area contributed by atoms with Gasteiger partial charge in [0, 0.05) is 23.8 Å². The maximum Gasteiger partial charge on any atom is 0.261 e. The van der Waals surface area contributed by atoms with E-state index in [4.69, 9.17) is 0 Å². The molecule has 2 N–H and O–H groups in total. The van der Waals surface area contributed by atoms with E-state index in [1.54, 1.807) is 30.3 Å². The molecule has 2 aliphatic rings. The van der Waals surface area contributed by atoms with E-state index in [9.17, 15) is 13.2 Å². The van der Waals surface area contributed by atoms with Gasteiger partial charge in [0.2, 0.25) is 0 Å². The second kappa shape index (κ2) is 7.96. The average molecular weight is 440 g/mol. The maximum atomic E-state index is 13.2. The number of amides is 1. The van der Waals surface area contributed by atoms with E-state index in [2.05, 4.69) is 20.1 Å². The summed E-state index contributed by atoms with van der Waals surface area (Å²) in [6.07, 6.45) is 6.99. The number of nitrogens with one attached hydrogen (secondary N) is 2. The largest absolute Gasteiger partial charge is 0.335 e. The molecule has 0 bridgehead atoms. The van der Waals surface area contributed by atoms with Gasteiger partial charge in [0.25, 0.3) is 15.9 Å². The third-order valence-electron chi connectivity index (χ3n) is 6.46. The van der Waals surface area contributed by atoms with E-state index in [1.165, 1.54) is 37.8 Å². The van der Waals surface area contributed by atoms with Crippen LogP contribution in [0.4, 0.5) is 5.69 Å². The van der Waals surface area contributed by atoms with Gasteiger partial charge in [-0.1, -0.05) is 18.9 Å². The van der Waals surface area contributed by atoms with Crippen molar-refractivity contribution in [3.8, 4) is 0 Å². The SMILES string of the molecule is O=C(c1cccc(NS(=O)(=O)c2ccc3n[nH]nc3c2)c1)N1CCC[C@@H]1C1CCCC1. The topological polar surface area (TPSA) is 108 Å². The van der Waals surface area contributed by atoms with Crippen molar-refractivity contribution in [2.45, 2.75) is 49.5 Å². The van der Waals surface area contributed by atoms with Gasteiger partial charge in [0.05, 0.1) is 4.90 Å². The first-order chi connectivity index (χ1) is 15.0. The summed E-state index contributed by atoms with van der Waals surface area (Å²) in [5.41, 5.74) is 1.94. The van der Waals surface area contributed by atoms with Crippen molar-refractivity contribution in [2.24, 2.45) is 5.92 Å². The lowest BCUT2D eigenvalue weighted by molar-refractivity contribution is 0.0689. The van der Waals surface area contributed by atoms with Crippen molar-refractivity contribution >= 4 is 32.7 Å². The molecule has 1 amide bonds. The summed E-state index contributed by atoms with van der Waals surface area (Å²) in [5.74, 6) is 0.582. The minimum absolute atomic E-state index is 0.0144. The molecule has 2 fully saturated rings. The number of hydrogen-bond acceptors (Lipinski definition) is 5.